The molecule has 2 aromatic heterocycles. The molecule has 0 aliphatic heterocycles. The Balaban J connectivity index is 1.76. The summed E-state index contributed by atoms with van der Waals surface area (Å²) >= 11 is 1.67. The van der Waals surface area contributed by atoms with Crippen molar-refractivity contribution >= 4 is 23.2 Å². The van der Waals surface area contributed by atoms with Crippen LogP contribution < -0.4 is 0 Å². The zero-order chi connectivity index (χ0) is 14.5. The second kappa shape index (κ2) is 6.29. The van der Waals surface area contributed by atoms with Gasteiger partial charge in [0.25, 0.3) is 0 Å². The molecule has 102 valence electrons. The van der Waals surface area contributed by atoms with Crippen molar-refractivity contribution in [2.75, 3.05) is 0 Å². The highest BCUT2D eigenvalue weighted by Crippen LogP contribution is 2.28. The fourth-order valence-corrected chi connectivity index (χ4v) is 2.88. The first-order valence-corrected chi connectivity index (χ1v) is 7.42. The average Bonchev–Trinajstić information content (AvgIpc) is 3.03. The second-order valence-corrected chi connectivity index (χ2v) is 5.62. The number of rotatable bonds is 4. The van der Waals surface area contributed by atoms with Gasteiger partial charge in [0.15, 0.2) is 5.78 Å². The van der Waals surface area contributed by atoms with E-state index in [9.17, 15) is 4.79 Å². The van der Waals surface area contributed by atoms with E-state index >= 15 is 0 Å². The maximum absolute atomic E-state index is 12.0. The predicted octanol–water partition coefficient (Wildman–Crippen LogP) is 4.71. The molecule has 0 spiro atoms. The van der Waals surface area contributed by atoms with E-state index in [1.165, 1.54) is 10.4 Å². The molecule has 2 nitrogen and oxygen atoms in total. The molecule has 2 heterocycles. The van der Waals surface area contributed by atoms with Crippen molar-refractivity contribution in [3.8, 4) is 10.4 Å². The lowest BCUT2D eigenvalue weighted by Crippen LogP contribution is -1.93. The van der Waals surface area contributed by atoms with Gasteiger partial charge in [-0.05, 0) is 42.0 Å². The molecule has 21 heavy (non-hydrogen) atoms. The van der Waals surface area contributed by atoms with Crippen LogP contribution in [0.3, 0.4) is 0 Å². The van der Waals surface area contributed by atoms with Gasteiger partial charge in [-0.3, -0.25) is 9.78 Å². The molecule has 0 atom stereocenters. The van der Waals surface area contributed by atoms with Crippen LogP contribution in [0.15, 0.2) is 73.1 Å². The van der Waals surface area contributed by atoms with E-state index in [2.05, 4.69) is 23.2 Å². The van der Waals surface area contributed by atoms with Crippen LogP contribution in [-0.2, 0) is 0 Å². The van der Waals surface area contributed by atoms with Gasteiger partial charge in [-0.15, -0.1) is 11.3 Å². The minimum atomic E-state index is -0.0299. The van der Waals surface area contributed by atoms with Crippen molar-refractivity contribution < 1.29 is 4.79 Å². The molecule has 0 radical (unpaired) electrons. The van der Waals surface area contributed by atoms with Gasteiger partial charge >= 0.3 is 0 Å². The Kier molecular flexibility index (Phi) is 4.03. The lowest BCUT2D eigenvalue weighted by Gasteiger charge is -1.94. The highest BCUT2D eigenvalue weighted by Gasteiger charge is 2.03. The molecular formula is C18H13NOS. The van der Waals surface area contributed by atoms with Crippen LogP contribution in [-0.4, -0.2) is 10.8 Å². The normalized spacial score (nSPS) is 10.9. The van der Waals surface area contributed by atoms with E-state index in [0.29, 0.717) is 5.56 Å². The lowest BCUT2D eigenvalue weighted by atomic mass is 10.2. The number of benzene rings is 1. The monoisotopic (exact) mass is 291 g/mol. The molecule has 0 N–H and O–H groups in total. The summed E-state index contributed by atoms with van der Waals surface area (Å²) in [6.45, 7) is 0. The molecule has 0 amide bonds. The molecule has 0 unspecified atom stereocenters. The summed E-state index contributed by atoms with van der Waals surface area (Å²) in [5, 5.41) is 0. The first kappa shape index (κ1) is 13.5. The van der Waals surface area contributed by atoms with Gasteiger partial charge in [0, 0.05) is 27.7 Å². The van der Waals surface area contributed by atoms with Gasteiger partial charge in [-0.2, -0.15) is 0 Å². The minimum Gasteiger partial charge on any atom is -0.289 e. The molecule has 0 saturated heterocycles. The molecule has 0 aliphatic rings. The number of thiophene rings is 1. The van der Waals surface area contributed by atoms with Crippen molar-refractivity contribution in [1.82, 2.24) is 4.98 Å². The molecule has 0 bridgehead atoms. The van der Waals surface area contributed by atoms with Gasteiger partial charge in [-0.25, -0.2) is 0 Å². The van der Waals surface area contributed by atoms with Crippen LogP contribution in [0, 0.1) is 0 Å². The third-order valence-electron chi connectivity index (χ3n) is 3.03. The van der Waals surface area contributed by atoms with E-state index in [0.717, 1.165) is 4.88 Å². The number of carbonyl (C=O) groups is 1. The zero-order valence-electron chi connectivity index (χ0n) is 11.3. The summed E-state index contributed by atoms with van der Waals surface area (Å²) in [5.74, 6) is -0.0299. The summed E-state index contributed by atoms with van der Waals surface area (Å²) in [5.41, 5.74) is 1.80. The molecule has 1 aromatic carbocycles. The fraction of sp³-hybridized carbons (Fsp3) is 0. The predicted molar refractivity (Wildman–Crippen MR) is 87.4 cm³/mol. The van der Waals surface area contributed by atoms with Crippen LogP contribution >= 0.6 is 11.3 Å². The van der Waals surface area contributed by atoms with Gasteiger partial charge in [0.1, 0.15) is 0 Å². The SMILES string of the molecule is O=C(/C=C/c1ccc(-c2ccccc2)s1)c1cccnc1. The topological polar surface area (TPSA) is 30.0 Å². The number of pyridine rings is 1. The summed E-state index contributed by atoms with van der Waals surface area (Å²) in [6.07, 6.45) is 6.69. The van der Waals surface area contributed by atoms with Crippen molar-refractivity contribution in [3.05, 3.63) is 83.5 Å². The van der Waals surface area contributed by atoms with Gasteiger partial charge in [0.2, 0.25) is 0 Å². The first-order chi connectivity index (χ1) is 10.3. The zero-order valence-corrected chi connectivity index (χ0v) is 12.1. The third-order valence-corrected chi connectivity index (χ3v) is 4.13. The summed E-state index contributed by atoms with van der Waals surface area (Å²) in [6, 6.07) is 17.9. The number of allylic oxidation sites excluding steroid dienone is 1. The van der Waals surface area contributed by atoms with Crippen molar-refractivity contribution in [1.29, 1.82) is 0 Å². The third kappa shape index (κ3) is 3.33. The molecule has 3 heteroatoms. The number of ketones is 1. The highest BCUT2D eigenvalue weighted by molar-refractivity contribution is 7.16. The molecule has 0 aliphatic carbocycles. The maximum atomic E-state index is 12.0. The molecule has 0 saturated carbocycles. The molecular weight excluding hydrogens is 278 g/mol. The average molecular weight is 291 g/mol. The van der Waals surface area contributed by atoms with E-state index in [-0.39, 0.29) is 5.78 Å². The summed E-state index contributed by atoms with van der Waals surface area (Å²) in [7, 11) is 0. The summed E-state index contributed by atoms with van der Waals surface area (Å²) < 4.78 is 0. The smallest absolute Gasteiger partial charge is 0.187 e. The van der Waals surface area contributed by atoms with Crippen molar-refractivity contribution in [2.45, 2.75) is 0 Å². The molecule has 3 rings (SSSR count). The van der Waals surface area contributed by atoms with E-state index < -0.39 is 0 Å². The van der Waals surface area contributed by atoms with Crippen LogP contribution in [0.5, 0.6) is 0 Å². The van der Waals surface area contributed by atoms with Crippen LogP contribution in [0.2, 0.25) is 0 Å². The van der Waals surface area contributed by atoms with Crippen molar-refractivity contribution in [3.63, 3.8) is 0 Å². The van der Waals surface area contributed by atoms with E-state index in [1.54, 1.807) is 41.9 Å². The number of carbonyl (C=O) groups excluding carboxylic acids is 1. The van der Waals surface area contributed by atoms with E-state index in [1.807, 2.05) is 30.3 Å². The van der Waals surface area contributed by atoms with Crippen LogP contribution in [0.4, 0.5) is 0 Å². The number of hydrogen-bond acceptors (Lipinski definition) is 3. The van der Waals surface area contributed by atoms with Crippen LogP contribution in [0.1, 0.15) is 15.2 Å². The van der Waals surface area contributed by atoms with Gasteiger partial charge in [0.05, 0.1) is 0 Å². The Morgan fingerprint density at radius 1 is 1.00 bits per heavy atom. The number of nitrogens with zero attached hydrogens (tertiary/aromatic N) is 1. The maximum Gasteiger partial charge on any atom is 0.187 e. The summed E-state index contributed by atoms with van der Waals surface area (Å²) in [4.78, 5) is 18.2. The van der Waals surface area contributed by atoms with Gasteiger partial charge < -0.3 is 0 Å². The minimum absolute atomic E-state index is 0.0299. The second-order valence-electron chi connectivity index (χ2n) is 4.51. The Morgan fingerprint density at radius 3 is 2.62 bits per heavy atom. The largest absolute Gasteiger partial charge is 0.289 e. The fourth-order valence-electron chi connectivity index (χ4n) is 1.96. The Bertz CT molecular complexity index is 760. The molecule has 0 fully saturated rings. The van der Waals surface area contributed by atoms with Gasteiger partial charge in [-0.1, -0.05) is 30.3 Å². The first-order valence-electron chi connectivity index (χ1n) is 6.60. The Labute approximate surface area is 127 Å². The Morgan fingerprint density at radius 2 is 1.86 bits per heavy atom. The number of hydrogen-bond donors (Lipinski definition) is 0. The van der Waals surface area contributed by atoms with E-state index in [4.69, 9.17) is 0 Å². The molecule has 3 aromatic rings. The quantitative estimate of drug-likeness (QED) is 0.515. The van der Waals surface area contributed by atoms with Crippen molar-refractivity contribution in [2.24, 2.45) is 0 Å². The highest BCUT2D eigenvalue weighted by atomic mass is 32.1. The lowest BCUT2D eigenvalue weighted by molar-refractivity contribution is 0.104. The number of aromatic nitrogens is 1. The standard InChI is InChI=1S/C18H13NOS/c20-17(15-7-4-12-19-13-15)10-8-16-9-11-18(21-16)14-5-2-1-3-6-14/h1-13H/b10-8+. The van der Waals surface area contributed by atoms with Crippen LogP contribution in [0.25, 0.3) is 16.5 Å². The Hall–Kier alpha value is -2.52.